The lowest BCUT2D eigenvalue weighted by molar-refractivity contribution is 1.18. The summed E-state index contributed by atoms with van der Waals surface area (Å²) in [6.45, 7) is 0. The Morgan fingerprint density at radius 1 is 0.250 bits per heavy atom. The number of fused-ring (bicyclic) bond motifs is 6. The van der Waals surface area contributed by atoms with Gasteiger partial charge in [0.1, 0.15) is 0 Å². The SMILES string of the molecule is c1ccc(-c2cc(-c3cccc(-c4cc5ccccc5c5ccccc45)c3)nc(-c3cccc(-c4cc5ccccc5c5ccccc45)c3)n2)cc1. The first kappa shape index (κ1) is 30.0. The maximum Gasteiger partial charge on any atom is 0.160 e. The van der Waals surface area contributed by atoms with Gasteiger partial charge in [0.05, 0.1) is 11.4 Å². The van der Waals surface area contributed by atoms with E-state index in [-0.39, 0.29) is 0 Å². The van der Waals surface area contributed by atoms with E-state index in [4.69, 9.17) is 9.97 Å². The smallest absolute Gasteiger partial charge is 0.160 e. The predicted molar refractivity (Wildman–Crippen MR) is 219 cm³/mol. The molecular weight excluding hydrogens is 629 g/mol. The molecule has 0 N–H and O–H groups in total. The van der Waals surface area contributed by atoms with Gasteiger partial charge in [-0.1, -0.05) is 164 Å². The number of nitrogens with zero attached hydrogens (tertiary/aromatic N) is 2. The van der Waals surface area contributed by atoms with Crippen molar-refractivity contribution in [3.63, 3.8) is 0 Å². The van der Waals surface area contributed by atoms with Crippen molar-refractivity contribution in [3.8, 4) is 56.2 Å². The molecule has 52 heavy (non-hydrogen) atoms. The number of benzene rings is 9. The molecule has 0 bridgehead atoms. The van der Waals surface area contributed by atoms with Crippen molar-refractivity contribution in [2.24, 2.45) is 0 Å². The van der Waals surface area contributed by atoms with Gasteiger partial charge >= 0.3 is 0 Å². The maximum absolute atomic E-state index is 5.28. The van der Waals surface area contributed by atoms with Crippen LogP contribution in [-0.4, -0.2) is 9.97 Å². The van der Waals surface area contributed by atoms with Gasteiger partial charge in [0.25, 0.3) is 0 Å². The number of hydrogen-bond acceptors (Lipinski definition) is 2. The Bertz CT molecular complexity index is 2780. The summed E-state index contributed by atoms with van der Waals surface area (Å²) in [7, 11) is 0. The zero-order chi connectivity index (χ0) is 34.4. The van der Waals surface area contributed by atoms with Crippen molar-refractivity contribution in [2.75, 3.05) is 0 Å². The Morgan fingerprint density at radius 2 is 0.654 bits per heavy atom. The maximum atomic E-state index is 5.28. The molecule has 2 nitrogen and oxygen atoms in total. The van der Waals surface area contributed by atoms with Gasteiger partial charge in [-0.15, -0.1) is 0 Å². The highest BCUT2D eigenvalue weighted by Gasteiger charge is 2.15. The first-order valence-corrected chi connectivity index (χ1v) is 17.7. The molecular formula is C50H32N2. The zero-order valence-corrected chi connectivity index (χ0v) is 28.4. The van der Waals surface area contributed by atoms with Gasteiger partial charge in [-0.05, 0) is 95.7 Å². The lowest BCUT2D eigenvalue weighted by atomic mass is 9.92. The first-order chi connectivity index (χ1) is 25.8. The van der Waals surface area contributed by atoms with E-state index in [1.165, 1.54) is 54.2 Å². The summed E-state index contributed by atoms with van der Waals surface area (Å²) in [6.07, 6.45) is 0. The second-order valence-corrected chi connectivity index (χ2v) is 13.4. The Kier molecular flexibility index (Phi) is 7.18. The standard InChI is InChI=1S/C50H32N2/c1-2-14-33(15-3-1)48-32-49(38-20-12-18-34(28-38)46-30-36-16-4-6-22-40(36)42-24-8-10-26-44(42)46)52-50(51-48)39-21-13-19-35(29-39)47-31-37-17-5-7-23-41(37)43-25-9-11-27-45(43)47/h1-32H. The van der Waals surface area contributed by atoms with E-state index in [1.54, 1.807) is 0 Å². The van der Waals surface area contributed by atoms with Crippen molar-refractivity contribution < 1.29 is 0 Å². The molecule has 1 aromatic heterocycles. The van der Waals surface area contributed by atoms with Crippen molar-refractivity contribution >= 4 is 43.1 Å². The third kappa shape index (κ3) is 5.21. The van der Waals surface area contributed by atoms with Crippen molar-refractivity contribution in [3.05, 3.63) is 194 Å². The molecule has 0 amide bonds. The van der Waals surface area contributed by atoms with Gasteiger partial charge in [0.2, 0.25) is 0 Å². The Balaban J connectivity index is 1.14. The lowest BCUT2D eigenvalue weighted by Gasteiger charge is -2.14. The van der Waals surface area contributed by atoms with E-state index in [0.29, 0.717) is 5.82 Å². The topological polar surface area (TPSA) is 25.8 Å². The average Bonchev–Trinajstić information content (AvgIpc) is 3.23. The summed E-state index contributed by atoms with van der Waals surface area (Å²) >= 11 is 0. The van der Waals surface area contributed by atoms with Crippen molar-refractivity contribution in [1.82, 2.24) is 9.97 Å². The summed E-state index contributed by atoms with van der Waals surface area (Å²) < 4.78 is 0. The molecule has 0 atom stereocenters. The fourth-order valence-corrected chi connectivity index (χ4v) is 7.74. The van der Waals surface area contributed by atoms with Crippen LogP contribution in [0.15, 0.2) is 194 Å². The molecule has 0 aliphatic heterocycles. The van der Waals surface area contributed by atoms with Crippen molar-refractivity contribution in [2.45, 2.75) is 0 Å². The van der Waals surface area contributed by atoms with Gasteiger partial charge in [-0.3, -0.25) is 0 Å². The minimum absolute atomic E-state index is 0.699. The van der Waals surface area contributed by atoms with E-state index in [9.17, 15) is 0 Å². The van der Waals surface area contributed by atoms with Gasteiger partial charge in [-0.25, -0.2) is 9.97 Å². The van der Waals surface area contributed by atoms with Crippen LogP contribution in [0.2, 0.25) is 0 Å². The number of aromatic nitrogens is 2. The minimum atomic E-state index is 0.699. The Labute approximate surface area is 302 Å². The van der Waals surface area contributed by atoms with Gasteiger partial charge in [-0.2, -0.15) is 0 Å². The van der Waals surface area contributed by atoms with Crippen LogP contribution in [0.1, 0.15) is 0 Å². The highest BCUT2D eigenvalue weighted by molar-refractivity contribution is 6.15. The Hall–Kier alpha value is -6.90. The summed E-state index contributed by atoms with van der Waals surface area (Å²) in [5, 5.41) is 9.98. The molecule has 10 aromatic rings. The van der Waals surface area contributed by atoms with E-state index < -0.39 is 0 Å². The molecule has 0 spiro atoms. The summed E-state index contributed by atoms with van der Waals surface area (Å²) in [5.74, 6) is 0.699. The van der Waals surface area contributed by atoms with Crippen LogP contribution in [0, 0.1) is 0 Å². The van der Waals surface area contributed by atoms with Crippen LogP contribution in [0.5, 0.6) is 0 Å². The molecule has 0 aliphatic carbocycles. The van der Waals surface area contributed by atoms with Gasteiger partial charge in [0.15, 0.2) is 5.82 Å². The molecule has 0 unspecified atom stereocenters. The average molecular weight is 661 g/mol. The third-order valence-electron chi connectivity index (χ3n) is 10.2. The second-order valence-electron chi connectivity index (χ2n) is 13.4. The summed E-state index contributed by atoms with van der Waals surface area (Å²) in [5.41, 5.74) is 9.57. The quantitative estimate of drug-likeness (QED) is 0.172. The molecule has 0 saturated carbocycles. The molecule has 10 rings (SSSR count). The van der Waals surface area contributed by atoms with Gasteiger partial charge in [0, 0.05) is 16.7 Å². The fourth-order valence-electron chi connectivity index (χ4n) is 7.74. The Morgan fingerprint density at radius 3 is 1.23 bits per heavy atom. The largest absolute Gasteiger partial charge is 0.228 e. The van der Waals surface area contributed by atoms with E-state index in [1.807, 2.05) is 6.07 Å². The number of rotatable bonds is 5. The lowest BCUT2D eigenvalue weighted by Crippen LogP contribution is -1.96. The van der Waals surface area contributed by atoms with Crippen LogP contribution < -0.4 is 0 Å². The molecule has 0 saturated heterocycles. The summed E-state index contributed by atoms with van der Waals surface area (Å²) in [6, 6.07) is 69.3. The number of hydrogen-bond donors (Lipinski definition) is 0. The fraction of sp³-hybridized carbons (Fsp3) is 0. The molecule has 9 aromatic carbocycles. The highest BCUT2D eigenvalue weighted by atomic mass is 14.9. The molecule has 2 heteroatoms. The van der Waals surface area contributed by atoms with E-state index >= 15 is 0 Å². The van der Waals surface area contributed by atoms with Gasteiger partial charge < -0.3 is 0 Å². The zero-order valence-electron chi connectivity index (χ0n) is 28.4. The minimum Gasteiger partial charge on any atom is -0.228 e. The monoisotopic (exact) mass is 660 g/mol. The van der Waals surface area contributed by atoms with E-state index in [0.717, 1.165) is 39.2 Å². The van der Waals surface area contributed by atoms with Crippen LogP contribution in [-0.2, 0) is 0 Å². The third-order valence-corrected chi connectivity index (χ3v) is 10.2. The molecule has 0 fully saturated rings. The molecule has 0 radical (unpaired) electrons. The summed E-state index contributed by atoms with van der Waals surface area (Å²) in [4.78, 5) is 10.5. The molecule has 1 heterocycles. The van der Waals surface area contributed by atoms with Crippen LogP contribution in [0.4, 0.5) is 0 Å². The van der Waals surface area contributed by atoms with Crippen molar-refractivity contribution in [1.29, 1.82) is 0 Å². The van der Waals surface area contributed by atoms with Crippen LogP contribution in [0.25, 0.3) is 99.2 Å². The van der Waals surface area contributed by atoms with E-state index in [2.05, 4.69) is 188 Å². The second kappa shape index (κ2) is 12.5. The van der Waals surface area contributed by atoms with Crippen LogP contribution in [0.3, 0.4) is 0 Å². The molecule has 0 aliphatic rings. The molecule has 242 valence electrons. The highest BCUT2D eigenvalue weighted by Crippen LogP contribution is 2.39. The first-order valence-electron chi connectivity index (χ1n) is 17.7. The normalized spacial score (nSPS) is 11.5. The predicted octanol–water partition coefficient (Wildman–Crippen LogP) is 13.4. The van der Waals surface area contributed by atoms with Crippen LogP contribution >= 0.6 is 0 Å².